The van der Waals surface area contributed by atoms with Crippen molar-refractivity contribution in [1.29, 1.82) is 0 Å². The van der Waals surface area contributed by atoms with Crippen LogP contribution in [0.4, 0.5) is 0 Å². The number of nitrogens with zero attached hydrogens (tertiary/aromatic N) is 2. The molecule has 21 heavy (non-hydrogen) atoms. The third-order valence-corrected chi connectivity index (χ3v) is 4.30. The Kier molecular flexibility index (Phi) is 4.11. The van der Waals surface area contributed by atoms with E-state index in [-0.39, 0.29) is 0 Å². The van der Waals surface area contributed by atoms with Crippen LogP contribution in [-0.4, -0.2) is 16.6 Å². The molecule has 112 valence electrons. The smallest absolute Gasteiger partial charge is 0.154 e. The van der Waals surface area contributed by atoms with E-state index < -0.39 is 0 Å². The molecule has 1 atom stereocenters. The van der Waals surface area contributed by atoms with Crippen LogP contribution in [-0.2, 0) is 6.54 Å². The third kappa shape index (κ3) is 3.18. The molecule has 0 aliphatic carbocycles. The van der Waals surface area contributed by atoms with Crippen LogP contribution >= 0.6 is 0 Å². The van der Waals surface area contributed by atoms with Gasteiger partial charge in [-0.05, 0) is 37.8 Å². The van der Waals surface area contributed by atoms with Crippen LogP contribution < -0.4 is 0 Å². The molecule has 0 amide bonds. The molecule has 3 rings (SSSR count). The second-order valence-corrected chi connectivity index (χ2v) is 6.43. The van der Waals surface area contributed by atoms with Crippen molar-refractivity contribution in [3.8, 4) is 0 Å². The van der Waals surface area contributed by atoms with Gasteiger partial charge in [-0.1, -0.05) is 48.8 Å². The summed E-state index contributed by atoms with van der Waals surface area (Å²) in [6.07, 6.45) is 2.40. The Labute approximate surface area is 126 Å². The lowest BCUT2D eigenvalue weighted by atomic mass is 10.1. The maximum absolute atomic E-state index is 5.61. The van der Waals surface area contributed by atoms with Gasteiger partial charge in [-0.2, -0.15) is 0 Å². The molecule has 3 heteroatoms. The molecule has 1 fully saturated rings. The minimum absolute atomic E-state index is 0.380. The average Bonchev–Trinajstić information content (AvgIpc) is 3.06. The van der Waals surface area contributed by atoms with E-state index in [4.69, 9.17) is 4.52 Å². The van der Waals surface area contributed by atoms with Crippen LogP contribution in [0.1, 0.15) is 61.2 Å². The molecule has 0 saturated carbocycles. The first-order valence-electron chi connectivity index (χ1n) is 7.89. The monoisotopic (exact) mass is 284 g/mol. The van der Waals surface area contributed by atoms with Gasteiger partial charge in [-0.15, -0.1) is 0 Å². The van der Waals surface area contributed by atoms with E-state index in [0.29, 0.717) is 12.0 Å². The molecule has 0 bridgehead atoms. The zero-order valence-electron chi connectivity index (χ0n) is 13.2. The van der Waals surface area contributed by atoms with Crippen molar-refractivity contribution in [2.75, 3.05) is 6.54 Å². The first kappa shape index (κ1) is 14.3. The zero-order chi connectivity index (χ0) is 14.8. The van der Waals surface area contributed by atoms with Crippen LogP contribution in [0.25, 0.3) is 0 Å². The molecule has 2 aromatic rings. The molecular formula is C18H24N2O. The maximum atomic E-state index is 5.61. The summed E-state index contributed by atoms with van der Waals surface area (Å²) in [5, 5.41) is 4.21. The molecule has 0 spiro atoms. The van der Waals surface area contributed by atoms with Crippen molar-refractivity contribution in [3.63, 3.8) is 0 Å². The van der Waals surface area contributed by atoms with Gasteiger partial charge in [-0.3, -0.25) is 4.90 Å². The van der Waals surface area contributed by atoms with Crippen molar-refractivity contribution in [2.45, 2.75) is 52.1 Å². The summed E-state index contributed by atoms with van der Waals surface area (Å²) in [5.41, 5.74) is 3.77. The highest BCUT2D eigenvalue weighted by molar-refractivity contribution is 5.23. The number of rotatable bonds is 4. The number of aromatic nitrogens is 1. The van der Waals surface area contributed by atoms with Gasteiger partial charge >= 0.3 is 0 Å². The summed E-state index contributed by atoms with van der Waals surface area (Å²) >= 11 is 0. The fourth-order valence-corrected chi connectivity index (χ4v) is 3.12. The SMILES string of the molecule is Cc1cccc(CN2CCC[C@H]2c2cc(C(C)C)no2)c1. The predicted octanol–water partition coefficient (Wildman–Crippen LogP) is 4.44. The summed E-state index contributed by atoms with van der Waals surface area (Å²) in [7, 11) is 0. The second kappa shape index (κ2) is 6.02. The average molecular weight is 284 g/mol. The number of benzene rings is 1. The standard InChI is InChI=1S/C18H24N2O/c1-13(2)16-11-18(21-19-16)17-8-5-9-20(17)12-15-7-4-6-14(3)10-15/h4,6-7,10-11,13,17H,5,8-9,12H2,1-3H3/t17-/m0/s1. The minimum Gasteiger partial charge on any atom is -0.359 e. The van der Waals surface area contributed by atoms with Crippen LogP contribution in [0, 0.1) is 6.92 Å². The van der Waals surface area contributed by atoms with E-state index in [0.717, 1.165) is 24.5 Å². The minimum atomic E-state index is 0.380. The molecule has 0 N–H and O–H groups in total. The van der Waals surface area contributed by atoms with Gasteiger partial charge in [-0.25, -0.2) is 0 Å². The van der Waals surface area contributed by atoms with Crippen LogP contribution in [0.2, 0.25) is 0 Å². The lowest BCUT2D eigenvalue weighted by Gasteiger charge is -2.22. The Morgan fingerprint density at radius 3 is 2.90 bits per heavy atom. The van der Waals surface area contributed by atoms with Crippen molar-refractivity contribution in [3.05, 3.63) is 52.9 Å². The number of hydrogen-bond donors (Lipinski definition) is 0. The molecule has 1 aromatic carbocycles. The molecule has 1 aliphatic heterocycles. The van der Waals surface area contributed by atoms with Gasteiger partial charge in [0, 0.05) is 12.6 Å². The van der Waals surface area contributed by atoms with Crippen molar-refractivity contribution in [2.24, 2.45) is 0 Å². The molecule has 1 aromatic heterocycles. The van der Waals surface area contributed by atoms with E-state index in [1.165, 1.54) is 24.0 Å². The van der Waals surface area contributed by atoms with E-state index in [1.807, 2.05) is 0 Å². The highest BCUT2D eigenvalue weighted by Gasteiger charge is 2.29. The Morgan fingerprint density at radius 1 is 1.33 bits per heavy atom. The molecule has 0 radical (unpaired) electrons. The van der Waals surface area contributed by atoms with E-state index in [9.17, 15) is 0 Å². The van der Waals surface area contributed by atoms with Crippen LogP contribution in [0.3, 0.4) is 0 Å². The summed E-state index contributed by atoms with van der Waals surface area (Å²) < 4.78 is 5.61. The van der Waals surface area contributed by atoms with Gasteiger partial charge in [0.2, 0.25) is 0 Å². The van der Waals surface area contributed by atoms with Crippen molar-refractivity contribution < 1.29 is 4.52 Å². The molecule has 3 nitrogen and oxygen atoms in total. The fraction of sp³-hybridized carbons (Fsp3) is 0.500. The van der Waals surface area contributed by atoms with Crippen LogP contribution in [0.5, 0.6) is 0 Å². The predicted molar refractivity (Wildman–Crippen MR) is 84.2 cm³/mol. The molecule has 1 aliphatic rings. The second-order valence-electron chi connectivity index (χ2n) is 6.43. The van der Waals surface area contributed by atoms with Gasteiger partial charge in [0.05, 0.1) is 11.7 Å². The molecule has 1 saturated heterocycles. The number of likely N-dealkylation sites (tertiary alicyclic amines) is 1. The first-order valence-corrected chi connectivity index (χ1v) is 7.89. The van der Waals surface area contributed by atoms with Gasteiger partial charge < -0.3 is 4.52 Å². The topological polar surface area (TPSA) is 29.3 Å². The lowest BCUT2D eigenvalue weighted by Crippen LogP contribution is -2.22. The largest absolute Gasteiger partial charge is 0.359 e. The Morgan fingerprint density at radius 2 is 2.19 bits per heavy atom. The lowest BCUT2D eigenvalue weighted by molar-refractivity contribution is 0.206. The Balaban J connectivity index is 1.75. The Hall–Kier alpha value is -1.61. The van der Waals surface area contributed by atoms with Crippen molar-refractivity contribution in [1.82, 2.24) is 10.1 Å². The van der Waals surface area contributed by atoms with Crippen molar-refractivity contribution >= 4 is 0 Å². The maximum Gasteiger partial charge on any atom is 0.154 e. The first-order chi connectivity index (χ1) is 10.1. The Bertz CT molecular complexity index is 603. The zero-order valence-corrected chi connectivity index (χ0v) is 13.2. The van der Waals surface area contributed by atoms with E-state index >= 15 is 0 Å². The summed E-state index contributed by atoms with van der Waals surface area (Å²) in [5.74, 6) is 1.46. The number of hydrogen-bond acceptors (Lipinski definition) is 3. The fourth-order valence-electron chi connectivity index (χ4n) is 3.12. The normalized spacial score (nSPS) is 19.5. The highest BCUT2D eigenvalue weighted by atomic mass is 16.5. The summed E-state index contributed by atoms with van der Waals surface area (Å²) in [6, 6.07) is 11.3. The van der Waals surface area contributed by atoms with Gasteiger partial charge in [0.25, 0.3) is 0 Å². The van der Waals surface area contributed by atoms with E-state index in [1.54, 1.807) is 0 Å². The van der Waals surface area contributed by atoms with Gasteiger partial charge in [0.15, 0.2) is 5.76 Å². The summed E-state index contributed by atoms with van der Waals surface area (Å²) in [4.78, 5) is 2.51. The van der Waals surface area contributed by atoms with E-state index in [2.05, 4.69) is 61.2 Å². The summed E-state index contributed by atoms with van der Waals surface area (Å²) in [6.45, 7) is 8.58. The number of aryl methyl sites for hydroxylation is 1. The molecular weight excluding hydrogens is 260 g/mol. The van der Waals surface area contributed by atoms with Crippen LogP contribution in [0.15, 0.2) is 34.9 Å². The van der Waals surface area contributed by atoms with Gasteiger partial charge in [0.1, 0.15) is 0 Å². The quantitative estimate of drug-likeness (QED) is 0.831. The third-order valence-electron chi connectivity index (χ3n) is 4.30. The molecule has 0 unspecified atom stereocenters. The molecule has 2 heterocycles. The highest BCUT2D eigenvalue weighted by Crippen LogP contribution is 2.34.